The zero-order valence-electron chi connectivity index (χ0n) is 12.3. The van der Waals surface area contributed by atoms with Crippen molar-refractivity contribution in [2.24, 2.45) is 10.7 Å². The number of halogens is 2. The van der Waals surface area contributed by atoms with Crippen LogP contribution in [0, 0.1) is 5.82 Å². The molecule has 2 aromatic rings. The lowest BCUT2D eigenvalue weighted by Crippen LogP contribution is -2.29. The van der Waals surface area contributed by atoms with Gasteiger partial charge in [-0.3, -0.25) is 0 Å². The molecule has 0 bridgehead atoms. The molecule has 8 nitrogen and oxygen atoms in total. The smallest absolute Gasteiger partial charge is 0.174 e. The summed E-state index contributed by atoms with van der Waals surface area (Å²) in [4.78, 5) is 4.09. The van der Waals surface area contributed by atoms with Crippen molar-refractivity contribution in [2.75, 3.05) is 14.1 Å². The maximum atomic E-state index is 13.1. The molecule has 0 aliphatic heterocycles. The van der Waals surface area contributed by atoms with E-state index in [1.54, 1.807) is 14.1 Å². The first-order valence-electron chi connectivity index (χ1n) is 6.32. The molecule has 1 aromatic carbocycles. The molecule has 2 rings (SSSR count). The van der Waals surface area contributed by atoms with E-state index in [9.17, 15) is 8.60 Å². The van der Waals surface area contributed by atoms with Crippen molar-refractivity contribution in [1.82, 2.24) is 19.3 Å². The van der Waals surface area contributed by atoms with Crippen molar-refractivity contribution < 1.29 is 13.2 Å². The minimum absolute atomic E-state index is 0.0151. The number of amidine groups is 1. The normalized spacial score (nSPS) is 13.5. The standard InChI is InChI=1S/C12H14ClFN6O2S/c1-20(2)23(21)16-6-10-11(19-22-18-10)12(15)17-7-3-4-9(14)8(13)5-7/h3-5,16H,6H2,1-2H3,(H2,15,17). The van der Waals surface area contributed by atoms with Gasteiger partial charge in [0.2, 0.25) is 0 Å². The Morgan fingerprint density at radius 2 is 2.26 bits per heavy atom. The fourth-order valence-electron chi connectivity index (χ4n) is 1.52. The number of benzene rings is 1. The molecule has 1 unspecified atom stereocenters. The quantitative estimate of drug-likeness (QED) is 0.592. The van der Waals surface area contributed by atoms with Crippen LogP contribution in [0.3, 0.4) is 0 Å². The zero-order valence-corrected chi connectivity index (χ0v) is 13.9. The Hall–Kier alpha value is -1.88. The molecule has 124 valence electrons. The first-order chi connectivity index (χ1) is 10.9. The van der Waals surface area contributed by atoms with Crippen LogP contribution in [-0.4, -0.2) is 38.8 Å². The molecular formula is C12H14ClFN6O2S. The van der Waals surface area contributed by atoms with Crippen molar-refractivity contribution in [2.45, 2.75) is 6.54 Å². The third-order valence-electron chi connectivity index (χ3n) is 2.65. The third-order valence-corrected chi connectivity index (χ3v) is 3.99. The monoisotopic (exact) mass is 360 g/mol. The number of aliphatic imine (C=N–C) groups is 1. The molecule has 0 saturated heterocycles. The molecule has 0 aliphatic carbocycles. The number of rotatable bonds is 6. The van der Waals surface area contributed by atoms with E-state index in [1.807, 2.05) is 0 Å². The summed E-state index contributed by atoms with van der Waals surface area (Å²) in [5.74, 6) is -0.537. The summed E-state index contributed by atoms with van der Waals surface area (Å²) in [5.41, 5.74) is 6.76. The Morgan fingerprint density at radius 1 is 1.52 bits per heavy atom. The van der Waals surface area contributed by atoms with Gasteiger partial charge in [0.25, 0.3) is 0 Å². The number of hydrogen-bond acceptors (Lipinski definition) is 5. The number of aromatic nitrogens is 2. The Labute approximate surface area is 139 Å². The molecule has 0 saturated carbocycles. The maximum Gasteiger partial charge on any atom is 0.174 e. The highest BCUT2D eigenvalue weighted by molar-refractivity contribution is 7.80. The summed E-state index contributed by atoms with van der Waals surface area (Å²) in [7, 11) is 3.30. The van der Waals surface area contributed by atoms with Gasteiger partial charge < -0.3 is 5.73 Å². The highest BCUT2D eigenvalue weighted by Crippen LogP contribution is 2.22. The van der Waals surface area contributed by atoms with Crippen LogP contribution in [0.2, 0.25) is 5.02 Å². The van der Waals surface area contributed by atoms with Gasteiger partial charge in [-0.25, -0.2) is 27.2 Å². The third kappa shape index (κ3) is 4.55. The number of nitrogens with one attached hydrogen (secondary N) is 1. The van der Waals surface area contributed by atoms with Crippen LogP contribution in [0.4, 0.5) is 10.1 Å². The molecule has 3 N–H and O–H groups in total. The molecule has 0 aliphatic rings. The van der Waals surface area contributed by atoms with Gasteiger partial charge >= 0.3 is 0 Å². The summed E-state index contributed by atoms with van der Waals surface area (Å²) in [5, 5.41) is 7.30. The van der Waals surface area contributed by atoms with Gasteiger partial charge in [-0.2, -0.15) is 0 Å². The molecule has 0 radical (unpaired) electrons. The van der Waals surface area contributed by atoms with Gasteiger partial charge in [-0.05, 0) is 23.4 Å². The highest BCUT2D eigenvalue weighted by atomic mass is 35.5. The van der Waals surface area contributed by atoms with E-state index in [0.717, 1.165) is 0 Å². The van der Waals surface area contributed by atoms with E-state index < -0.39 is 17.0 Å². The second kappa shape index (κ2) is 7.59. The van der Waals surface area contributed by atoms with Crippen molar-refractivity contribution in [3.8, 4) is 0 Å². The largest absolute Gasteiger partial charge is 0.382 e. The molecule has 0 fully saturated rings. The Kier molecular flexibility index (Phi) is 5.77. The van der Waals surface area contributed by atoms with E-state index in [2.05, 4.69) is 24.7 Å². The van der Waals surface area contributed by atoms with Crippen LogP contribution >= 0.6 is 11.6 Å². The van der Waals surface area contributed by atoms with Gasteiger partial charge in [0.1, 0.15) is 11.5 Å². The van der Waals surface area contributed by atoms with Crippen LogP contribution in [0.15, 0.2) is 27.8 Å². The fourth-order valence-corrected chi connectivity index (χ4v) is 2.22. The Balaban J connectivity index is 2.18. The van der Waals surface area contributed by atoms with Gasteiger partial charge in [0.15, 0.2) is 22.7 Å². The van der Waals surface area contributed by atoms with Crippen molar-refractivity contribution in [1.29, 1.82) is 0 Å². The second-order valence-electron chi connectivity index (χ2n) is 4.54. The SMILES string of the molecule is CN(C)S(=O)NCc1nonc1C(N)=Nc1ccc(F)c(Cl)c1. The van der Waals surface area contributed by atoms with Crippen LogP contribution in [0.5, 0.6) is 0 Å². The maximum absolute atomic E-state index is 13.1. The van der Waals surface area contributed by atoms with E-state index in [-0.39, 0.29) is 23.1 Å². The van der Waals surface area contributed by atoms with Gasteiger partial charge in [-0.15, -0.1) is 0 Å². The molecule has 0 amide bonds. The predicted octanol–water partition coefficient (Wildman–Crippen LogP) is 1.13. The van der Waals surface area contributed by atoms with Crippen molar-refractivity contribution in [3.05, 3.63) is 40.4 Å². The Bertz CT molecular complexity index is 751. The minimum atomic E-state index is -1.39. The lowest BCUT2D eigenvalue weighted by molar-refractivity contribution is 0.302. The average Bonchev–Trinajstić information content (AvgIpc) is 2.97. The second-order valence-corrected chi connectivity index (χ2v) is 6.46. The van der Waals surface area contributed by atoms with Crippen LogP contribution in [-0.2, 0) is 17.7 Å². The fraction of sp³-hybridized carbons (Fsp3) is 0.250. The average molecular weight is 361 g/mol. The van der Waals surface area contributed by atoms with Crippen LogP contribution in [0.1, 0.15) is 11.4 Å². The van der Waals surface area contributed by atoms with E-state index >= 15 is 0 Å². The summed E-state index contributed by atoms with van der Waals surface area (Å²) >= 11 is 4.30. The molecule has 1 heterocycles. The van der Waals surface area contributed by atoms with Crippen LogP contribution < -0.4 is 10.5 Å². The van der Waals surface area contributed by atoms with E-state index in [1.165, 1.54) is 22.5 Å². The van der Waals surface area contributed by atoms with Gasteiger partial charge in [0, 0.05) is 14.1 Å². The molecule has 23 heavy (non-hydrogen) atoms. The predicted molar refractivity (Wildman–Crippen MR) is 84.8 cm³/mol. The van der Waals surface area contributed by atoms with Crippen molar-refractivity contribution in [3.63, 3.8) is 0 Å². The topological polar surface area (TPSA) is 110 Å². The van der Waals surface area contributed by atoms with Crippen LogP contribution in [0.25, 0.3) is 0 Å². The first-order valence-corrected chi connectivity index (χ1v) is 7.80. The van der Waals surface area contributed by atoms with Gasteiger partial charge in [0.05, 0.1) is 17.3 Å². The zero-order chi connectivity index (χ0) is 17.0. The summed E-state index contributed by atoms with van der Waals surface area (Å²) in [6.07, 6.45) is 0. The first kappa shape index (κ1) is 17.5. The van der Waals surface area contributed by atoms with Crippen molar-refractivity contribution >= 4 is 34.3 Å². The Morgan fingerprint density at radius 3 is 2.91 bits per heavy atom. The molecule has 1 aromatic heterocycles. The lowest BCUT2D eigenvalue weighted by Gasteiger charge is -2.08. The summed E-state index contributed by atoms with van der Waals surface area (Å²) in [6, 6.07) is 3.93. The number of nitrogens with zero attached hydrogens (tertiary/aromatic N) is 4. The molecule has 11 heteroatoms. The lowest BCUT2D eigenvalue weighted by atomic mass is 10.3. The number of hydrogen-bond donors (Lipinski definition) is 2. The summed E-state index contributed by atoms with van der Waals surface area (Å²) in [6.45, 7) is 0.115. The molecular weight excluding hydrogens is 347 g/mol. The minimum Gasteiger partial charge on any atom is -0.382 e. The molecule has 0 spiro atoms. The molecule has 1 atom stereocenters. The highest BCUT2D eigenvalue weighted by Gasteiger charge is 2.15. The van der Waals surface area contributed by atoms with E-state index in [0.29, 0.717) is 11.4 Å². The summed E-state index contributed by atoms with van der Waals surface area (Å²) < 4.78 is 33.6. The number of nitrogens with two attached hydrogens (primary N) is 1. The van der Waals surface area contributed by atoms with E-state index in [4.69, 9.17) is 17.3 Å². The van der Waals surface area contributed by atoms with Gasteiger partial charge in [-0.1, -0.05) is 16.8 Å².